The average molecular weight is 471 g/mol. The van der Waals surface area contributed by atoms with Crippen molar-refractivity contribution in [3.63, 3.8) is 0 Å². The molecule has 0 radical (unpaired) electrons. The Morgan fingerprint density at radius 3 is 2.52 bits per heavy atom. The van der Waals surface area contributed by atoms with Crippen molar-refractivity contribution in [2.75, 3.05) is 31.5 Å². The molecule has 1 aliphatic rings. The van der Waals surface area contributed by atoms with Crippen LogP contribution in [0.2, 0.25) is 0 Å². The highest BCUT2D eigenvalue weighted by Gasteiger charge is 2.27. The van der Waals surface area contributed by atoms with Crippen LogP contribution >= 0.6 is 0 Å². The van der Waals surface area contributed by atoms with Crippen molar-refractivity contribution in [2.45, 2.75) is 11.0 Å². The highest BCUT2D eigenvalue weighted by molar-refractivity contribution is 7.92. The van der Waals surface area contributed by atoms with E-state index in [2.05, 4.69) is 4.72 Å². The summed E-state index contributed by atoms with van der Waals surface area (Å²) < 4.78 is 52.3. The largest absolute Gasteiger partial charge is 0.497 e. The summed E-state index contributed by atoms with van der Waals surface area (Å²) in [5.41, 5.74) is 1.41. The summed E-state index contributed by atoms with van der Waals surface area (Å²) in [6, 6.07) is 18.3. The fourth-order valence-corrected chi connectivity index (χ4v) is 4.67. The molecule has 172 valence electrons. The van der Waals surface area contributed by atoms with Crippen molar-refractivity contribution >= 4 is 21.6 Å². The molecule has 7 nitrogen and oxygen atoms in total. The number of sulfonamides is 1. The number of nitrogens with one attached hydrogen (secondary N) is 1. The number of rotatable bonds is 6. The molecule has 1 atom stereocenters. The molecule has 1 N–H and O–H groups in total. The van der Waals surface area contributed by atoms with Crippen LogP contribution in [0.4, 0.5) is 10.1 Å². The molecule has 3 aromatic carbocycles. The van der Waals surface area contributed by atoms with Gasteiger partial charge in [0.05, 0.1) is 25.2 Å². The molecule has 1 aliphatic heterocycles. The lowest BCUT2D eigenvalue weighted by Crippen LogP contribution is -2.42. The Morgan fingerprint density at radius 2 is 1.82 bits per heavy atom. The van der Waals surface area contributed by atoms with Crippen LogP contribution in [-0.4, -0.2) is 46.0 Å². The van der Waals surface area contributed by atoms with Crippen molar-refractivity contribution in [3.05, 3.63) is 89.7 Å². The molecule has 0 saturated carbocycles. The maximum absolute atomic E-state index is 13.2. The molecule has 1 unspecified atom stereocenters. The second-order valence-corrected chi connectivity index (χ2v) is 9.21. The summed E-state index contributed by atoms with van der Waals surface area (Å²) in [5.74, 6) is -0.0364. The number of morpholine rings is 1. The van der Waals surface area contributed by atoms with Crippen molar-refractivity contribution in [1.29, 1.82) is 0 Å². The zero-order chi connectivity index (χ0) is 23.4. The van der Waals surface area contributed by atoms with Gasteiger partial charge in [0, 0.05) is 17.8 Å². The van der Waals surface area contributed by atoms with E-state index in [0.29, 0.717) is 24.6 Å². The van der Waals surface area contributed by atoms with Gasteiger partial charge < -0.3 is 14.4 Å². The predicted molar refractivity (Wildman–Crippen MR) is 121 cm³/mol. The summed E-state index contributed by atoms with van der Waals surface area (Å²) in [5, 5.41) is 0. The summed E-state index contributed by atoms with van der Waals surface area (Å²) in [7, 11) is -2.37. The predicted octanol–water partition coefficient (Wildman–Crippen LogP) is 3.85. The van der Waals surface area contributed by atoms with Gasteiger partial charge in [-0.05, 0) is 60.2 Å². The third-order valence-electron chi connectivity index (χ3n) is 5.33. The lowest BCUT2D eigenvalue weighted by atomic mass is 10.1. The highest BCUT2D eigenvalue weighted by Crippen LogP contribution is 2.25. The molecule has 3 aromatic rings. The maximum atomic E-state index is 13.2. The molecule has 4 rings (SSSR count). The van der Waals surface area contributed by atoms with E-state index < -0.39 is 10.0 Å². The van der Waals surface area contributed by atoms with E-state index in [9.17, 15) is 17.6 Å². The second kappa shape index (κ2) is 9.60. The molecule has 0 aliphatic carbocycles. The fraction of sp³-hybridized carbons (Fsp3) is 0.208. The Morgan fingerprint density at radius 1 is 1.09 bits per heavy atom. The monoisotopic (exact) mass is 470 g/mol. The van der Waals surface area contributed by atoms with Crippen LogP contribution in [0.1, 0.15) is 22.0 Å². The number of ether oxygens (including phenoxy) is 2. The molecular formula is C24H23FN2O5S. The quantitative estimate of drug-likeness (QED) is 0.592. The van der Waals surface area contributed by atoms with E-state index in [4.69, 9.17) is 9.47 Å². The van der Waals surface area contributed by atoms with Gasteiger partial charge in [0.15, 0.2) is 0 Å². The number of amides is 1. The van der Waals surface area contributed by atoms with Crippen LogP contribution in [0.3, 0.4) is 0 Å². The van der Waals surface area contributed by atoms with Crippen LogP contribution in [0.25, 0.3) is 0 Å². The van der Waals surface area contributed by atoms with Gasteiger partial charge in [-0.2, -0.15) is 0 Å². The number of halogens is 1. The van der Waals surface area contributed by atoms with Gasteiger partial charge >= 0.3 is 0 Å². The Balaban J connectivity index is 1.50. The number of nitrogens with zero attached hydrogens (tertiary/aromatic N) is 1. The minimum Gasteiger partial charge on any atom is -0.497 e. The number of hydrogen-bond acceptors (Lipinski definition) is 5. The van der Waals surface area contributed by atoms with Gasteiger partial charge in [0.25, 0.3) is 15.9 Å². The molecule has 33 heavy (non-hydrogen) atoms. The first-order valence-electron chi connectivity index (χ1n) is 10.3. The van der Waals surface area contributed by atoms with E-state index >= 15 is 0 Å². The third-order valence-corrected chi connectivity index (χ3v) is 6.71. The van der Waals surface area contributed by atoms with Crippen molar-refractivity contribution in [3.8, 4) is 5.75 Å². The highest BCUT2D eigenvalue weighted by atomic mass is 32.2. The number of hydrogen-bond donors (Lipinski definition) is 1. The molecule has 0 spiro atoms. The van der Waals surface area contributed by atoms with Crippen LogP contribution < -0.4 is 9.46 Å². The van der Waals surface area contributed by atoms with Crippen molar-refractivity contribution < 1.29 is 27.1 Å². The Kier molecular flexibility index (Phi) is 6.62. The van der Waals surface area contributed by atoms with E-state index in [1.165, 1.54) is 37.4 Å². The molecule has 0 bridgehead atoms. The van der Waals surface area contributed by atoms with Crippen molar-refractivity contribution in [1.82, 2.24) is 4.90 Å². The Labute approximate surface area is 191 Å². The SMILES string of the molecule is COc1ccc(NS(=O)(=O)c2cccc(C(=O)N3CCOC(c4ccc(F)cc4)C3)c2)cc1. The Bertz CT molecular complexity index is 1230. The normalized spacial score (nSPS) is 16.3. The van der Waals surface area contributed by atoms with Gasteiger partial charge in [-0.15, -0.1) is 0 Å². The second-order valence-electron chi connectivity index (χ2n) is 7.52. The topological polar surface area (TPSA) is 84.9 Å². The third kappa shape index (κ3) is 5.32. The van der Waals surface area contributed by atoms with Crippen molar-refractivity contribution in [2.24, 2.45) is 0 Å². The molecule has 1 fully saturated rings. The zero-order valence-corrected chi connectivity index (χ0v) is 18.7. The Hall–Kier alpha value is -3.43. The summed E-state index contributed by atoms with van der Waals surface area (Å²) in [6.45, 7) is 0.980. The van der Waals surface area contributed by atoms with Crippen LogP contribution in [0.5, 0.6) is 5.75 Å². The first-order valence-corrected chi connectivity index (χ1v) is 11.8. The minimum atomic E-state index is -3.90. The molecule has 1 amide bonds. The van der Waals surface area contributed by atoms with Crippen LogP contribution in [-0.2, 0) is 14.8 Å². The first-order chi connectivity index (χ1) is 15.9. The lowest BCUT2D eigenvalue weighted by Gasteiger charge is -2.33. The van der Waals surface area contributed by atoms with E-state index in [1.54, 1.807) is 47.4 Å². The fourth-order valence-electron chi connectivity index (χ4n) is 3.56. The van der Waals surface area contributed by atoms with Gasteiger partial charge in [-0.3, -0.25) is 9.52 Å². The first kappa shape index (κ1) is 22.8. The number of carbonyl (C=O) groups is 1. The molecule has 0 aromatic heterocycles. The smallest absolute Gasteiger partial charge is 0.261 e. The standard InChI is InChI=1S/C24H23FN2O5S/c1-31-21-11-9-20(10-12-21)26-33(29,30)22-4-2-3-18(15-22)24(28)27-13-14-32-23(16-27)17-5-7-19(25)8-6-17/h2-12,15,23,26H,13-14,16H2,1H3. The summed E-state index contributed by atoms with van der Waals surface area (Å²) in [6.07, 6.45) is -0.382. The summed E-state index contributed by atoms with van der Waals surface area (Å²) in [4.78, 5) is 14.7. The average Bonchev–Trinajstić information content (AvgIpc) is 2.84. The van der Waals surface area contributed by atoms with E-state index in [1.807, 2.05) is 0 Å². The number of benzene rings is 3. The maximum Gasteiger partial charge on any atom is 0.261 e. The van der Waals surface area contributed by atoms with Crippen LogP contribution in [0, 0.1) is 5.82 Å². The number of anilines is 1. The van der Waals surface area contributed by atoms with Gasteiger partial charge in [-0.25, -0.2) is 12.8 Å². The number of carbonyl (C=O) groups excluding carboxylic acids is 1. The molecular weight excluding hydrogens is 447 g/mol. The molecule has 9 heteroatoms. The van der Waals surface area contributed by atoms with E-state index in [-0.39, 0.29) is 34.8 Å². The summed E-state index contributed by atoms with van der Waals surface area (Å²) >= 11 is 0. The van der Waals surface area contributed by atoms with Gasteiger partial charge in [-0.1, -0.05) is 18.2 Å². The minimum absolute atomic E-state index is 0.0208. The van der Waals surface area contributed by atoms with Crippen LogP contribution in [0.15, 0.2) is 77.7 Å². The molecule has 1 heterocycles. The molecule has 1 saturated heterocycles. The zero-order valence-electron chi connectivity index (χ0n) is 17.9. The lowest BCUT2D eigenvalue weighted by molar-refractivity contribution is -0.0228. The van der Waals surface area contributed by atoms with Gasteiger partial charge in [0.1, 0.15) is 17.7 Å². The van der Waals surface area contributed by atoms with E-state index in [0.717, 1.165) is 5.56 Å². The van der Waals surface area contributed by atoms with Gasteiger partial charge in [0.2, 0.25) is 0 Å². The number of methoxy groups -OCH3 is 1.